The van der Waals surface area contributed by atoms with Crippen molar-refractivity contribution in [1.29, 1.82) is 0 Å². The van der Waals surface area contributed by atoms with E-state index in [2.05, 4.69) is 24.7 Å². The molecular formula is C16H12F3N5OS. The molecule has 3 aromatic rings. The summed E-state index contributed by atoms with van der Waals surface area (Å²) < 4.78 is 46.4. The van der Waals surface area contributed by atoms with E-state index in [1.165, 1.54) is 36.5 Å². The molecule has 0 aliphatic heterocycles. The molecule has 26 heavy (non-hydrogen) atoms. The van der Waals surface area contributed by atoms with Crippen molar-refractivity contribution < 1.29 is 17.9 Å². The molecule has 10 heteroatoms. The summed E-state index contributed by atoms with van der Waals surface area (Å²) in [5.74, 6) is 0.790. The van der Waals surface area contributed by atoms with E-state index >= 15 is 0 Å². The first-order chi connectivity index (χ1) is 12.5. The number of benzene rings is 1. The van der Waals surface area contributed by atoms with Gasteiger partial charge in [-0.2, -0.15) is 13.2 Å². The van der Waals surface area contributed by atoms with E-state index in [-0.39, 0.29) is 11.6 Å². The van der Waals surface area contributed by atoms with Gasteiger partial charge in [0.15, 0.2) is 0 Å². The first kappa shape index (κ1) is 17.9. The van der Waals surface area contributed by atoms with E-state index < -0.39 is 11.7 Å². The number of halogens is 3. The molecule has 0 saturated carbocycles. The number of nitrogens with one attached hydrogen (secondary N) is 1. The highest BCUT2D eigenvalue weighted by atomic mass is 32.2. The van der Waals surface area contributed by atoms with Crippen LogP contribution in [0.2, 0.25) is 0 Å². The Bertz CT molecular complexity index is 872. The summed E-state index contributed by atoms with van der Waals surface area (Å²) in [4.78, 5) is 16.6. The van der Waals surface area contributed by atoms with Crippen LogP contribution >= 0.6 is 11.9 Å². The highest BCUT2D eigenvalue weighted by Gasteiger charge is 2.30. The minimum Gasteiger partial charge on any atom is -0.437 e. The van der Waals surface area contributed by atoms with Gasteiger partial charge >= 0.3 is 6.18 Å². The van der Waals surface area contributed by atoms with Crippen LogP contribution < -0.4 is 9.46 Å². The van der Waals surface area contributed by atoms with Gasteiger partial charge in [-0.05, 0) is 24.3 Å². The van der Waals surface area contributed by atoms with Crippen LogP contribution in [-0.4, -0.2) is 26.2 Å². The molecule has 0 fully saturated rings. The third-order valence-corrected chi connectivity index (χ3v) is 3.57. The number of ether oxygens (including phenoxy) is 1. The second kappa shape index (κ2) is 7.56. The standard InChI is InChI=1S/C16H12F3N5OS/c1-26-24-15-22-8-10(9-23-15)13-14(21-7-6-20-13)25-12-4-2-11(3-5-12)16(17,18)19/h2-9H,1H3,(H,22,23,24). The maximum Gasteiger partial charge on any atom is 0.416 e. The van der Waals surface area contributed by atoms with E-state index in [4.69, 9.17) is 4.74 Å². The lowest BCUT2D eigenvalue weighted by atomic mass is 10.2. The van der Waals surface area contributed by atoms with Crippen LogP contribution in [0.15, 0.2) is 49.1 Å². The van der Waals surface area contributed by atoms with Crippen molar-refractivity contribution in [3.05, 3.63) is 54.6 Å². The first-order valence-electron chi connectivity index (χ1n) is 7.25. The lowest BCUT2D eigenvalue weighted by Gasteiger charge is -2.10. The Morgan fingerprint density at radius 3 is 2.23 bits per heavy atom. The molecule has 3 rings (SSSR count). The summed E-state index contributed by atoms with van der Waals surface area (Å²) in [6, 6.07) is 4.33. The van der Waals surface area contributed by atoms with E-state index in [1.807, 2.05) is 6.26 Å². The average molecular weight is 379 g/mol. The topological polar surface area (TPSA) is 72.8 Å². The predicted octanol–water partition coefficient (Wildman–Crippen LogP) is 4.43. The molecule has 1 N–H and O–H groups in total. The van der Waals surface area contributed by atoms with Crippen LogP contribution in [0.25, 0.3) is 11.3 Å². The average Bonchev–Trinajstić information content (AvgIpc) is 2.63. The highest BCUT2D eigenvalue weighted by Crippen LogP contribution is 2.33. The predicted molar refractivity (Wildman–Crippen MR) is 91.7 cm³/mol. The molecule has 0 radical (unpaired) electrons. The molecule has 0 aliphatic carbocycles. The molecule has 0 amide bonds. The number of alkyl halides is 3. The van der Waals surface area contributed by atoms with Crippen LogP contribution in [0.5, 0.6) is 11.6 Å². The number of nitrogens with zero attached hydrogens (tertiary/aromatic N) is 4. The maximum atomic E-state index is 12.6. The summed E-state index contributed by atoms with van der Waals surface area (Å²) in [5, 5.41) is 0. The van der Waals surface area contributed by atoms with Gasteiger partial charge in [-0.25, -0.2) is 19.9 Å². The summed E-state index contributed by atoms with van der Waals surface area (Å²) in [5.41, 5.74) is 0.185. The van der Waals surface area contributed by atoms with Gasteiger partial charge in [0.2, 0.25) is 11.8 Å². The summed E-state index contributed by atoms with van der Waals surface area (Å²) in [6.45, 7) is 0. The quantitative estimate of drug-likeness (QED) is 0.657. The zero-order valence-corrected chi connectivity index (χ0v) is 14.2. The summed E-state index contributed by atoms with van der Waals surface area (Å²) in [6.07, 6.45) is 3.44. The fourth-order valence-electron chi connectivity index (χ4n) is 2.02. The SMILES string of the molecule is CSNc1ncc(-c2nccnc2Oc2ccc(C(F)(F)F)cc2)cn1. The van der Waals surface area contributed by atoms with Crippen LogP contribution in [0.3, 0.4) is 0 Å². The minimum absolute atomic E-state index is 0.140. The van der Waals surface area contributed by atoms with Gasteiger partial charge in [0.25, 0.3) is 0 Å². The fourth-order valence-corrected chi connectivity index (χ4v) is 2.30. The lowest BCUT2D eigenvalue weighted by Crippen LogP contribution is -2.04. The summed E-state index contributed by atoms with van der Waals surface area (Å²) in [7, 11) is 0. The van der Waals surface area contributed by atoms with Crippen LogP contribution in [0, 0.1) is 0 Å². The molecule has 6 nitrogen and oxygen atoms in total. The fraction of sp³-hybridized carbons (Fsp3) is 0.125. The maximum absolute atomic E-state index is 12.6. The van der Waals surface area contributed by atoms with Gasteiger partial charge in [-0.3, -0.25) is 4.72 Å². The van der Waals surface area contributed by atoms with Gasteiger partial charge in [0.05, 0.1) is 5.56 Å². The van der Waals surface area contributed by atoms with Crippen LogP contribution in [-0.2, 0) is 6.18 Å². The Kier molecular flexibility index (Phi) is 5.21. The van der Waals surface area contributed by atoms with Crippen molar-refractivity contribution in [2.45, 2.75) is 6.18 Å². The van der Waals surface area contributed by atoms with Crippen molar-refractivity contribution in [2.75, 3.05) is 11.0 Å². The first-order valence-corrected chi connectivity index (χ1v) is 8.47. The molecule has 0 aliphatic rings. The lowest BCUT2D eigenvalue weighted by molar-refractivity contribution is -0.137. The van der Waals surface area contributed by atoms with Crippen molar-refractivity contribution >= 4 is 17.9 Å². The molecule has 134 valence electrons. The van der Waals surface area contributed by atoms with E-state index in [0.717, 1.165) is 12.1 Å². The molecule has 0 atom stereocenters. The Morgan fingerprint density at radius 2 is 1.62 bits per heavy atom. The van der Waals surface area contributed by atoms with Crippen molar-refractivity contribution in [2.24, 2.45) is 0 Å². The smallest absolute Gasteiger partial charge is 0.416 e. The van der Waals surface area contributed by atoms with E-state index in [0.29, 0.717) is 17.2 Å². The molecule has 0 bridgehead atoms. The second-order valence-electron chi connectivity index (χ2n) is 4.94. The largest absolute Gasteiger partial charge is 0.437 e. The van der Waals surface area contributed by atoms with Crippen molar-refractivity contribution in [3.8, 4) is 22.9 Å². The number of hydrogen-bond donors (Lipinski definition) is 1. The number of hydrogen-bond acceptors (Lipinski definition) is 7. The molecule has 1 aromatic carbocycles. The third kappa shape index (κ3) is 4.20. The zero-order chi connectivity index (χ0) is 18.6. The molecule has 0 unspecified atom stereocenters. The normalized spacial score (nSPS) is 11.2. The number of rotatable bonds is 5. The molecular weight excluding hydrogens is 367 g/mol. The monoisotopic (exact) mass is 379 g/mol. The minimum atomic E-state index is -4.40. The Morgan fingerprint density at radius 1 is 0.962 bits per heavy atom. The van der Waals surface area contributed by atoms with Gasteiger partial charge in [-0.1, -0.05) is 11.9 Å². The number of aromatic nitrogens is 4. The van der Waals surface area contributed by atoms with Crippen LogP contribution in [0.4, 0.5) is 19.1 Å². The molecule has 2 aromatic heterocycles. The molecule has 0 spiro atoms. The van der Waals surface area contributed by atoms with Gasteiger partial charge in [0, 0.05) is 36.6 Å². The van der Waals surface area contributed by atoms with Gasteiger partial charge < -0.3 is 4.74 Å². The Labute approximate surface area is 151 Å². The second-order valence-corrected chi connectivity index (χ2v) is 5.55. The Hall–Kier alpha value is -2.88. The van der Waals surface area contributed by atoms with E-state index in [1.54, 1.807) is 12.4 Å². The summed E-state index contributed by atoms with van der Waals surface area (Å²) >= 11 is 1.36. The van der Waals surface area contributed by atoms with Gasteiger partial charge in [0.1, 0.15) is 11.4 Å². The van der Waals surface area contributed by atoms with E-state index in [9.17, 15) is 13.2 Å². The van der Waals surface area contributed by atoms with Gasteiger partial charge in [-0.15, -0.1) is 0 Å². The van der Waals surface area contributed by atoms with Crippen molar-refractivity contribution in [3.63, 3.8) is 0 Å². The molecule has 0 saturated heterocycles. The number of anilines is 1. The third-order valence-electron chi connectivity index (χ3n) is 3.18. The highest BCUT2D eigenvalue weighted by molar-refractivity contribution is 7.99. The van der Waals surface area contributed by atoms with Crippen LogP contribution in [0.1, 0.15) is 5.56 Å². The Balaban J connectivity index is 1.85. The molecule has 2 heterocycles. The zero-order valence-electron chi connectivity index (χ0n) is 13.4. The van der Waals surface area contributed by atoms with Crippen molar-refractivity contribution in [1.82, 2.24) is 19.9 Å².